The van der Waals surface area contributed by atoms with Gasteiger partial charge < -0.3 is 14.4 Å². The summed E-state index contributed by atoms with van der Waals surface area (Å²) in [7, 11) is 0. The third-order valence-corrected chi connectivity index (χ3v) is 5.73. The average Bonchev–Trinajstić information content (AvgIpc) is 2.83. The van der Waals surface area contributed by atoms with Crippen molar-refractivity contribution >= 4 is 28.4 Å². The van der Waals surface area contributed by atoms with Crippen LogP contribution in [0.25, 0.3) is 16.5 Å². The van der Waals surface area contributed by atoms with E-state index in [2.05, 4.69) is 11.1 Å². The van der Waals surface area contributed by atoms with Crippen LogP contribution in [0.5, 0.6) is 5.75 Å². The molecule has 0 saturated carbocycles. The number of aromatic nitrogens is 1. The molecule has 3 aromatic rings. The number of benzene rings is 2. The number of rotatable bonds is 6. The summed E-state index contributed by atoms with van der Waals surface area (Å²) < 4.78 is 11.3. The van der Waals surface area contributed by atoms with Crippen molar-refractivity contribution in [3.63, 3.8) is 0 Å². The highest BCUT2D eigenvalue weighted by Gasteiger charge is 2.32. The molecule has 1 amide bonds. The second-order valence-corrected chi connectivity index (χ2v) is 9.21. The molecule has 0 bridgehead atoms. The highest BCUT2D eigenvalue weighted by Crippen LogP contribution is 2.28. The number of hydrogen-bond acceptors (Lipinski definition) is 5. The maximum absolute atomic E-state index is 13.0. The molecule has 0 saturated heterocycles. The fraction of sp³-hybridized carbons (Fsp3) is 0.321. The molecule has 34 heavy (non-hydrogen) atoms. The number of fused-ring (bicyclic) bond motifs is 1. The van der Waals surface area contributed by atoms with Gasteiger partial charge in [0.2, 0.25) is 0 Å². The van der Waals surface area contributed by atoms with Gasteiger partial charge in [-0.3, -0.25) is 4.79 Å². The lowest BCUT2D eigenvalue weighted by atomic mass is 9.99. The number of carbonyl (C=O) groups excluding carboxylic acids is 2. The highest BCUT2D eigenvalue weighted by molar-refractivity contribution is 5.95. The van der Waals surface area contributed by atoms with Gasteiger partial charge in [0, 0.05) is 18.5 Å². The number of nitrogens with zero attached hydrogens (tertiary/aromatic N) is 2. The zero-order valence-corrected chi connectivity index (χ0v) is 20.1. The molecule has 0 aliphatic carbocycles. The lowest BCUT2D eigenvalue weighted by molar-refractivity contribution is -0.163. The zero-order valence-electron chi connectivity index (χ0n) is 20.1. The van der Waals surface area contributed by atoms with Crippen LogP contribution in [-0.2, 0) is 9.53 Å². The van der Waals surface area contributed by atoms with Gasteiger partial charge in [-0.25, -0.2) is 9.78 Å². The summed E-state index contributed by atoms with van der Waals surface area (Å²) in [6, 6.07) is 19.2. The van der Waals surface area contributed by atoms with Crippen molar-refractivity contribution in [3.8, 4) is 5.75 Å². The Hall–Kier alpha value is -3.67. The van der Waals surface area contributed by atoms with Gasteiger partial charge >= 0.3 is 5.97 Å². The van der Waals surface area contributed by atoms with Crippen molar-refractivity contribution in [1.29, 1.82) is 0 Å². The van der Waals surface area contributed by atoms with Crippen molar-refractivity contribution in [2.24, 2.45) is 0 Å². The minimum Gasteiger partial charge on any atom is -0.476 e. The Morgan fingerprint density at radius 1 is 1.03 bits per heavy atom. The van der Waals surface area contributed by atoms with Gasteiger partial charge in [-0.1, -0.05) is 42.5 Å². The van der Waals surface area contributed by atoms with Gasteiger partial charge in [0.05, 0.1) is 11.6 Å². The SMILES string of the molecule is CC(C)OC(=O)C(C)(C)Oc1cccc(C2=CCN(C(=O)c3ccc4ccccc4n3)CC2)c1. The summed E-state index contributed by atoms with van der Waals surface area (Å²) >= 11 is 0. The summed E-state index contributed by atoms with van der Waals surface area (Å²) in [6.07, 6.45) is 2.59. The maximum atomic E-state index is 13.0. The van der Waals surface area contributed by atoms with E-state index >= 15 is 0 Å². The van der Waals surface area contributed by atoms with Gasteiger partial charge in [-0.2, -0.15) is 0 Å². The molecule has 0 fully saturated rings. The Morgan fingerprint density at radius 3 is 2.56 bits per heavy atom. The Labute approximate surface area is 200 Å². The van der Waals surface area contributed by atoms with Crippen molar-refractivity contribution < 1.29 is 19.1 Å². The van der Waals surface area contributed by atoms with E-state index in [1.165, 1.54) is 0 Å². The van der Waals surface area contributed by atoms with Crippen LogP contribution in [0, 0.1) is 0 Å². The first-order valence-electron chi connectivity index (χ1n) is 11.6. The van der Waals surface area contributed by atoms with E-state index in [1.807, 2.05) is 73.3 Å². The van der Waals surface area contributed by atoms with E-state index in [1.54, 1.807) is 19.9 Å². The Morgan fingerprint density at radius 2 is 1.82 bits per heavy atom. The van der Waals surface area contributed by atoms with E-state index < -0.39 is 11.6 Å². The quantitative estimate of drug-likeness (QED) is 0.471. The Bertz CT molecular complexity index is 1250. The number of para-hydroxylation sites is 1. The average molecular weight is 459 g/mol. The van der Waals surface area contributed by atoms with Gasteiger partial charge in [-0.15, -0.1) is 0 Å². The van der Waals surface area contributed by atoms with Gasteiger partial charge in [0.15, 0.2) is 5.60 Å². The summed E-state index contributed by atoms with van der Waals surface area (Å²) in [6.45, 7) is 8.15. The minimum atomic E-state index is -1.10. The number of hydrogen-bond donors (Lipinski definition) is 0. The number of esters is 1. The fourth-order valence-corrected chi connectivity index (χ4v) is 3.91. The van der Waals surface area contributed by atoms with E-state index in [4.69, 9.17) is 9.47 Å². The topological polar surface area (TPSA) is 68.7 Å². The molecule has 0 atom stereocenters. The molecular formula is C28H30N2O4. The van der Waals surface area contributed by atoms with Crippen molar-refractivity contribution in [3.05, 3.63) is 78.0 Å². The molecule has 6 heteroatoms. The van der Waals surface area contributed by atoms with Crippen LogP contribution in [0.2, 0.25) is 0 Å². The second-order valence-electron chi connectivity index (χ2n) is 9.21. The molecule has 0 spiro atoms. The molecular weight excluding hydrogens is 428 g/mol. The number of amides is 1. The van der Waals surface area contributed by atoms with Crippen LogP contribution in [-0.4, -0.2) is 46.6 Å². The van der Waals surface area contributed by atoms with Crippen LogP contribution >= 0.6 is 0 Å². The molecule has 0 N–H and O–H groups in total. The first-order valence-corrected chi connectivity index (χ1v) is 11.6. The molecule has 2 heterocycles. The number of pyridine rings is 1. The monoisotopic (exact) mass is 458 g/mol. The molecule has 176 valence electrons. The molecule has 1 aromatic heterocycles. The number of ether oxygens (including phenoxy) is 2. The lowest BCUT2D eigenvalue weighted by Crippen LogP contribution is -2.40. The molecule has 4 rings (SSSR count). The van der Waals surface area contributed by atoms with Gasteiger partial charge in [0.1, 0.15) is 11.4 Å². The van der Waals surface area contributed by atoms with Gasteiger partial charge in [-0.05, 0) is 69.5 Å². The van der Waals surface area contributed by atoms with E-state index in [0.29, 0.717) is 24.5 Å². The Kier molecular flexibility index (Phi) is 6.68. The van der Waals surface area contributed by atoms with Crippen molar-refractivity contribution in [1.82, 2.24) is 9.88 Å². The van der Waals surface area contributed by atoms with E-state index in [9.17, 15) is 9.59 Å². The Balaban J connectivity index is 1.45. The van der Waals surface area contributed by atoms with Crippen LogP contribution in [0.1, 0.15) is 50.2 Å². The summed E-state index contributed by atoms with van der Waals surface area (Å²) in [5.41, 5.74) is 2.34. The highest BCUT2D eigenvalue weighted by atomic mass is 16.6. The summed E-state index contributed by atoms with van der Waals surface area (Å²) in [5, 5.41) is 1.02. The third-order valence-electron chi connectivity index (χ3n) is 5.73. The zero-order chi connectivity index (χ0) is 24.3. The van der Waals surface area contributed by atoms with Crippen molar-refractivity contribution in [2.45, 2.75) is 45.8 Å². The summed E-state index contributed by atoms with van der Waals surface area (Å²) in [5.74, 6) is 0.132. The standard InChI is InChI=1S/C28H30N2O4/c1-19(2)33-27(32)28(3,4)34-23-10-7-9-22(18-23)20-14-16-30(17-15-20)26(31)25-13-12-21-8-5-6-11-24(21)29-25/h5-14,18-19H,15-17H2,1-4H3. The molecule has 2 aromatic carbocycles. The molecule has 0 unspecified atom stereocenters. The first kappa shape index (κ1) is 23.5. The van der Waals surface area contributed by atoms with Gasteiger partial charge in [0.25, 0.3) is 5.91 Å². The van der Waals surface area contributed by atoms with E-state index in [0.717, 1.165) is 28.5 Å². The fourth-order valence-electron chi connectivity index (χ4n) is 3.91. The van der Waals surface area contributed by atoms with E-state index in [-0.39, 0.29) is 12.0 Å². The van der Waals surface area contributed by atoms with Crippen molar-refractivity contribution in [2.75, 3.05) is 13.1 Å². The van der Waals surface area contributed by atoms with Crippen LogP contribution in [0.15, 0.2) is 66.7 Å². The van der Waals surface area contributed by atoms with Crippen LogP contribution in [0.3, 0.4) is 0 Å². The minimum absolute atomic E-state index is 0.0662. The molecule has 6 nitrogen and oxygen atoms in total. The maximum Gasteiger partial charge on any atom is 0.350 e. The molecule has 0 radical (unpaired) electrons. The largest absolute Gasteiger partial charge is 0.476 e. The predicted octanol–water partition coefficient (Wildman–Crippen LogP) is 5.27. The number of carbonyl (C=O) groups is 2. The van der Waals surface area contributed by atoms with Crippen LogP contribution < -0.4 is 4.74 Å². The third kappa shape index (κ3) is 5.28. The normalized spacial score (nSPS) is 14.1. The molecule has 1 aliphatic rings. The van der Waals surface area contributed by atoms with Crippen LogP contribution in [0.4, 0.5) is 0 Å². The first-order chi connectivity index (χ1) is 16.2. The lowest BCUT2D eigenvalue weighted by Gasteiger charge is -2.27. The predicted molar refractivity (Wildman–Crippen MR) is 133 cm³/mol. The summed E-state index contributed by atoms with van der Waals surface area (Å²) in [4.78, 5) is 31.7. The smallest absolute Gasteiger partial charge is 0.350 e. The second kappa shape index (κ2) is 9.67. The molecule has 1 aliphatic heterocycles.